The number of hydrogen-bond donors (Lipinski definition) is 1. The highest BCUT2D eigenvalue weighted by atomic mass is 35.5. The van der Waals surface area contributed by atoms with Crippen LogP contribution >= 0.6 is 35.1 Å². The molecule has 1 N–H and O–H groups in total. The van der Waals surface area contributed by atoms with E-state index in [1.807, 2.05) is 35.7 Å². The van der Waals surface area contributed by atoms with Crippen molar-refractivity contribution in [2.75, 3.05) is 18.8 Å². The molecule has 0 saturated carbocycles. The van der Waals surface area contributed by atoms with Crippen LogP contribution in [0.25, 0.3) is 0 Å². The first-order chi connectivity index (χ1) is 8.24. The lowest BCUT2D eigenvalue weighted by Crippen LogP contribution is -2.21. The summed E-state index contributed by atoms with van der Waals surface area (Å²) in [6.07, 6.45) is 0. The summed E-state index contributed by atoms with van der Waals surface area (Å²) in [5.41, 5.74) is 0. The molecule has 2 nitrogen and oxygen atoms in total. The van der Waals surface area contributed by atoms with E-state index in [1.54, 1.807) is 0 Å². The maximum Gasteiger partial charge on any atom is 0.156 e. The van der Waals surface area contributed by atoms with Gasteiger partial charge in [-0.2, -0.15) is 0 Å². The van der Waals surface area contributed by atoms with E-state index in [4.69, 9.17) is 11.6 Å². The third kappa shape index (κ3) is 4.45. The highest BCUT2D eigenvalue weighted by molar-refractivity contribution is 8.14. The number of nitrogens with zero attached hydrogens (tertiary/aromatic N) is 1. The largest absolute Gasteiger partial charge is 0.364 e. The number of benzene rings is 1. The summed E-state index contributed by atoms with van der Waals surface area (Å²) in [6, 6.07) is 7.96. The summed E-state index contributed by atoms with van der Waals surface area (Å²) < 4.78 is 0. The minimum atomic E-state index is 0.626. The van der Waals surface area contributed by atoms with Gasteiger partial charge in [-0.25, -0.2) is 0 Å². The number of aliphatic imine (C=N–C) groups is 1. The molecule has 0 radical (unpaired) electrons. The van der Waals surface area contributed by atoms with Gasteiger partial charge in [0.25, 0.3) is 0 Å². The normalized spacial score (nSPS) is 19.2. The van der Waals surface area contributed by atoms with Gasteiger partial charge in [0.05, 0.1) is 6.54 Å². The van der Waals surface area contributed by atoms with E-state index in [2.05, 4.69) is 29.4 Å². The molecule has 0 saturated heterocycles. The second-order valence-corrected chi connectivity index (χ2v) is 6.84. The van der Waals surface area contributed by atoms with Gasteiger partial charge in [0.15, 0.2) is 5.17 Å². The highest BCUT2D eigenvalue weighted by Gasteiger charge is 2.13. The van der Waals surface area contributed by atoms with Crippen LogP contribution in [-0.4, -0.2) is 29.3 Å². The van der Waals surface area contributed by atoms with Crippen molar-refractivity contribution in [3.63, 3.8) is 0 Å². The number of amidine groups is 1. The topological polar surface area (TPSA) is 24.4 Å². The maximum absolute atomic E-state index is 5.83. The maximum atomic E-state index is 5.83. The van der Waals surface area contributed by atoms with Crippen LogP contribution in [0, 0.1) is 0 Å². The van der Waals surface area contributed by atoms with Crippen molar-refractivity contribution in [1.29, 1.82) is 0 Å². The van der Waals surface area contributed by atoms with E-state index in [0.717, 1.165) is 29.0 Å². The first-order valence-electron chi connectivity index (χ1n) is 5.57. The summed E-state index contributed by atoms with van der Waals surface area (Å²) in [4.78, 5) is 5.67. The highest BCUT2D eigenvalue weighted by Crippen LogP contribution is 2.21. The summed E-state index contributed by atoms with van der Waals surface area (Å²) in [5, 5.41) is 5.87. The lowest BCUT2D eigenvalue weighted by molar-refractivity contribution is 0.950. The molecular weight excluding hydrogens is 272 g/mol. The molecular formula is C12H15ClN2S2. The quantitative estimate of drug-likeness (QED) is 0.677. The van der Waals surface area contributed by atoms with Crippen LogP contribution in [0.4, 0.5) is 0 Å². The molecule has 0 bridgehead atoms. The van der Waals surface area contributed by atoms with Crippen molar-refractivity contribution in [2.24, 2.45) is 4.99 Å². The van der Waals surface area contributed by atoms with Gasteiger partial charge in [-0.15, -0.1) is 11.8 Å². The fourth-order valence-electron chi connectivity index (χ4n) is 1.43. The zero-order valence-corrected chi connectivity index (χ0v) is 12.0. The molecule has 1 aromatic carbocycles. The number of halogens is 1. The Morgan fingerprint density at radius 3 is 2.88 bits per heavy atom. The molecule has 2 rings (SSSR count). The van der Waals surface area contributed by atoms with Gasteiger partial charge in [-0.3, -0.25) is 4.99 Å². The van der Waals surface area contributed by atoms with Crippen LogP contribution in [0.5, 0.6) is 0 Å². The molecule has 0 spiro atoms. The SMILES string of the molecule is CC1CN=C(NCCSc2ccc(Cl)cc2)S1. The fraction of sp³-hybridized carbons (Fsp3) is 0.417. The molecule has 1 aliphatic heterocycles. The fourth-order valence-corrected chi connectivity index (χ4v) is 3.19. The molecule has 0 aliphatic carbocycles. The van der Waals surface area contributed by atoms with Crippen LogP contribution < -0.4 is 5.32 Å². The van der Waals surface area contributed by atoms with Crippen LogP contribution in [0.1, 0.15) is 6.92 Å². The Morgan fingerprint density at radius 1 is 1.47 bits per heavy atom. The number of rotatable bonds is 4. The predicted molar refractivity (Wildman–Crippen MR) is 79.5 cm³/mol. The average Bonchev–Trinajstić information content (AvgIpc) is 2.73. The number of thioether (sulfide) groups is 2. The Balaban J connectivity index is 1.65. The molecule has 0 aromatic heterocycles. The first kappa shape index (κ1) is 13.1. The van der Waals surface area contributed by atoms with E-state index < -0.39 is 0 Å². The molecule has 17 heavy (non-hydrogen) atoms. The molecule has 92 valence electrons. The van der Waals surface area contributed by atoms with Crippen molar-refractivity contribution in [1.82, 2.24) is 5.32 Å². The molecule has 1 atom stereocenters. The third-order valence-corrected chi connectivity index (χ3v) is 4.58. The summed E-state index contributed by atoms with van der Waals surface area (Å²) in [7, 11) is 0. The smallest absolute Gasteiger partial charge is 0.156 e. The number of hydrogen-bond acceptors (Lipinski definition) is 4. The zero-order valence-electron chi connectivity index (χ0n) is 9.65. The van der Waals surface area contributed by atoms with Crippen molar-refractivity contribution < 1.29 is 0 Å². The van der Waals surface area contributed by atoms with E-state index >= 15 is 0 Å². The number of nitrogens with one attached hydrogen (secondary N) is 1. The molecule has 1 heterocycles. The summed E-state index contributed by atoms with van der Waals surface area (Å²) in [6.45, 7) is 4.09. The summed E-state index contributed by atoms with van der Waals surface area (Å²) >= 11 is 9.49. The van der Waals surface area contributed by atoms with E-state index in [-0.39, 0.29) is 0 Å². The third-order valence-electron chi connectivity index (χ3n) is 2.27. The lowest BCUT2D eigenvalue weighted by Gasteiger charge is -2.05. The molecule has 1 aromatic rings. The van der Waals surface area contributed by atoms with Gasteiger partial charge in [0.1, 0.15) is 0 Å². The molecule has 0 fully saturated rings. The Hall–Kier alpha value is -0.320. The van der Waals surface area contributed by atoms with Crippen LogP contribution in [0.15, 0.2) is 34.2 Å². The second-order valence-electron chi connectivity index (χ2n) is 3.80. The van der Waals surface area contributed by atoms with E-state index in [9.17, 15) is 0 Å². The van der Waals surface area contributed by atoms with Crippen LogP contribution in [0.2, 0.25) is 5.02 Å². The van der Waals surface area contributed by atoms with Crippen molar-refractivity contribution in [3.8, 4) is 0 Å². The van der Waals surface area contributed by atoms with Gasteiger partial charge in [0, 0.05) is 27.5 Å². The standard InChI is InChI=1S/C12H15ClN2S2/c1-9-8-15-12(17-9)14-6-7-16-11-4-2-10(13)3-5-11/h2-5,9H,6-8H2,1H3,(H,14,15). The minimum Gasteiger partial charge on any atom is -0.364 e. The molecule has 1 aliphatic rings. The zero-order chi connectivity index (χ0) is 12.1. The minimum absolute atomic E-state index is 0.626. The monoisotopic (exact) mass is 286 g/mol. The summed E-state index contributed by atoms with van der Waals surface area (Å²) in [5.74, 6) is 1.04. The van der Waals surface area contributed by atoms with Gasteiger partial charge < -0.3 is 5.32 Å². The Labute approximate surface area is 116 Å². The Morgan fingerprint density at radius 2 is 2.24 bits per heavy atom. The predicted octanol–water partition coefficient (Wildman–Crippen LogP) is 3.51. The average molecular weight is 287 g/mol. The van der Waals surface area contributed by atoms with Gasteiger partial charge in [-0.05, 0) is 24.3 Å². The van der Waals surface area contributed by atoms with E-state index in [1.165, 1.54) is 4.90 Å². The first-order valence-corrected chi connectivity index (χ1v) is 7.82. The van der Waals surface area contributed by atoms with Gasteiger partial charge in [0.2, 0.25) is 0 Å². The molecule has 1 unspecified atom stereocenters. The van der Waals surface area contributed by atoms with Crippen molar-refractivity contribution in [3.05, 3.63) is 29.3 Å². The molecule has 5 heteroatoms. The second kappa shape index (κ2) is 6.57. The van der Waals surface area contributed by atoms with Crippen molar-refractivity contribution in [2.45, 2.75) is 17.1 Å². The lowest BCUT2D eigenvalue weighted by atomic mass is 10.4. The van der Waals surface area contributed by atoms with Crippen LogP contribution in [0.3, 0.4) is 0 Å². The van der Waals surface area contributed by atoms with Gasteiger partial charge in [-0.1, -0.05) is 30.3 Å². The van der Waals surface area contributed by atoms with Crippen molar-refractivity contribution >= 4 is 40.3 Å². The molecule has 0 amide bonds. The van der Waals surface area contributed by atoms with E-state index in [0.29, 0.717) is 5.25 Å². The van der Waals surface area contributed by atoms with Crippen LogP contribution in [-0.2, 0) is 0 Å². The Bertz CT molecular complexity index is 392. The van der Waals surface area contributed by atoms with Gasteiger partial charge >= 0.3 is 0 Å². The Kier molecular flexibility index (Phi) is 5.07.